The van der Waals surface area contributed by atoms with E-state index in [1.54, 1.807) is 0 Å². The van der Waals surface area contributed by atoms with Gasteiger partial charge in [0, 0.05) is 0 Å². The minimum atomic E-state index is -0.712. The van der Waals surface area contributed by atoms with Crippen molar-refractivity contribution in [3.63, 3.8) is 0 Å². The molecule has 0 aliphatic rings. The molecule has 112 valence electrons. The summed E-state index contributed by atoms with van der Waals surface area (Å²) in [6, 6.07) is -1.42. The van der Waals surface area contributed by atoms with E-state index >= 15 is 0 Å². The lowest BCUT2D eigenvalue weighted by atomic mass is 10.1. The van der Waals surface area contributed by atoms with Gasteiger partial charge in [0.2, 0.25) is 0 Å². The summed E-state index contributed by atoms with van der Waals surface area (Å²) in [5.41, 5.74) is 11.2. The Balaban J connectivity index is 3.90. The molecule has 0 saturated carbocycles. The second-order valence-corrected chi connectivity index (χ2v) is 5.81. The van der Waals surface area contributed by atoms with E-state index in [4.69, 9.17) is 11.5 Å². The van der Waals surface area contributed by atoms with Crippen LogP contribution in [0.15, 0.2) is 0 Å². The molecule has 19 heavy (non-hydrogen) atoms. The van der Waals surface area contributed by atoms with Crippen LogP contribution in [0.2, 0.25) is 0 Å². The predicted molar refractivity (Wildman–Crippen MR) is 74.6 cm³/mol. The molecule has 0 spiro atoms. The van der Waals surface area contributed by atoms with Gasteiger partial charge in [0.15, 0.2) is 0 Å². The van der Waals surface area contributed by atoms with Gasteiger partial charge in [0.05, 0.1) is 0 Å². The van der Waals surface area contributed by atoms with E-state index < -0.39 is 24.0 Å². The third-order valence-electron chi connectivity index (χ3n) is 2.29. The van der Waals surface area contributed by atoms with Crippen LogP contribution in [0.5, 0.6) is 0 Å². The van der Waals surface area contributed by atoms with Gasteiger partial charge in [-0.05, 0) is 24.7 Å². The fourth-order valence-electron chi connectivity index (χ4n) is 1.42. The molecule has 0 aromatic carbocycles. The molecule has 0 fully saturated rings. The van der Waals surface area contributed by atoms with Crippen molar-refractivity contribution >= 4 is 24.3 Å². The first-order chi connectivity index (χ1) is 8.73. The van der Waals surface area contributed by atoms with Crippen molar-refractivity contribution in [3.8, 4) is 0 Å². The molecule has 0 aromatic rings. The molecule has 0 radical (unpaired) electrons. The Labute approximate surface area is 119 Å². The monoisotopic (exact) mass is 292 g/mol. The Morgan fingerprint density at radius 2 is 1.21 bits per heavy atom. The highest BCUT2D eigenvalue weighted by atomic mass is 32.2. The second-order valence-electron chi connectivity index (χ2n) is 5.34. The van der Waals surface area contributed by atoms with Gasteiger partial charge < -0.3 is 19.8 Å². The van der Waals surface area contributed by atoms with Crippen LogP contribution in [0.1, 0.15) is 40.5 Å². The average Bonchev–Trinajstić information content (AvgIpc) is 2.26. The molecule has 0 aromatic heterocycles. The summed E-state index contributed by atoms with van der Waals surface area (Å²) in [5.74, 6) is -0.642. The van der Waals surface area contributed by atoms with Crippen molar-refractivity contribution in [2.45, 2.75) is 52.6 Å². The molecule has 0 aliphatic heterocycles. The molecule has 6 nitrogen and oxygen atoms in total. The molecule has 0 unspecified atom stereocenters. The van der Waals surface area contributed by atoms with Gasteiger partial charge in [0.1, 0.15) is 12.1 Å². The quantitative estimate of drug-likeness (QED) is 0.651. The Kier molecular flexibility index (Phi) is 8.79. The molecular weight excluding hydrogens is 268 g/mol. The molecule has 2 atom stereocenters. The molecular formula is C12H24N2O4S. The molecule has 0 aliphatic carbocycles. The van der Waals surface area contributed by atoms with Gasteiger partial charge in [-0.25, -0.2) is 9.59 Å². The topological polar surface area (TPSA) is 105 Å². The normalized spacial score (nSPS) is 14.3. The van der Waals surface area contributed by atoms with Crippen molar-refractivity contribution in [1.82, 2.24) is 0 Å². The molecule has 0 bridgehead atoms. The highest BCUT2D eigenvalue weighted by Gasteiger charge is 2.21. The Hall–Kier alpha value is -0.790. The van der Waals surface area contributed by atoms with E-state index in [0.717, 1.165) is 0 Å². The second kappa shape index (κ2) is 9.17. The summed E-state index contributed by atoms with van der Waals surface area (Å²) >= 11 is 0.321. The van der Waals surface area contributed by atoms with E-state index in [9.17, 15) is 9.59 Å². The number of hydrogen-bond acceptors (Lipinski definition) is 7. The maximum Gasteiger partial charge on any atom is 0.337 e. The Bertz CT molecular complexity index is 269. The van der Waals surface area contributed by atoms with Crippen molar-refractivity contribution in [3.05, 3.63) is 0 Å². The summed E-state index contributed by atoms with van der Waals surface area (Å²) in [4.78, 5) is 22.8. The van der Waals surface area contributed by atoms with Gasteiger partial charge in [-0.1, -0.05) is 27.7 Å². The maximum atomic E-state index is 11.4. The standard InChI is InChI=1S/C12H24N2O4S/c1-7(2)5-9(13)11(15)17-19-18-12(16)10(14)6-8(3)4/h7-10H,5-6,13-14H2,1-4H3/t9-,10-/m0/s1. The van der Waals surface area contributed by atoms with E-state index in [2.05, 4.69) is 8.37 Å². The van der Waals surface area contributed by atoms with E-state index in [0.29, 0.717) is 25.2 Å². The van der Waals surface area contributed by atoms with Gasteiger partial charge in [-0.15, -0.1) is 0 Å². The van der Waals surface area contributed by atoms with Gasteiger partial charge in [-0.3, -0.25) is 0 Å². The number of carbonyl (C=O) groups is 2. The van der Waals surface area contributed by atoms with E-state index in [1.807, 2.05) is 27.7 Å². The predicted octanol–water partition coefficient (Wildman–Crippen LogP) is 1.38. The smallest absolute Gasteiger partial charge is 0.337 e. The van der Waals surface area contributed by atoms with E-state index in [1.165, 1.54) is 0 Å². The first kappa shape index (κ1) is 18.2. The SMILES string of the molecule is CC(C)C[C@H](N)C(=O)OSOC(=O)[C@@H](N)CC(C)C. The minimum absolute atomic E-state index is 0.287. The summed E-state index contributed by atoms with van der Waals surface area (Å²) in [7, 11) is 0. The van der Waals surface area contributed by atoms with Crippen molar-refractivity contribution in [2.75, 3.05) is 0 Å². The Morgan fingerprint density at radius 1 is 0.895 bits per heavy atom. The lowest BCUT2D eigenvalue weighted by Gasteiger charge is -2.13. The first-order valence-corrected chi connectivity index (χ1v) is 7.00. The molecule has 0 rings (SSSR count). The fraction of sp³-hybridized carbons (Fsp3) is 0.833. The van der Waals surface area contributed by atoms with Gasteiger partial charge in [0.25, 0.3) is 12.3 Å². The van der Waals surface area contributed by atoms with Crippen LogP contribution in [0, 0.1) is 11.8 Å². The fourth-order valence-corrected chi connectivity index (χ4v) is 1.83. The van der Waals surface area contributed by atoms with Crippen LogP contribution >= 0.6 is 12.3 Å². The third kappa shape index (κ3) is 8.85. The third-order valence-corrected chi connectivity index (χ3v) is 2.75. The minimum Gasteiger partial charge on any atom is -0.353 e. The van der Waals surface area contributed by atoms with Crippen molar-refractivity contribution in [1.29, 1.82) is 0 Å². The highest BCUT2D eigenvalue weighted by molar-refractivity contribution is 7.90. The molecule has 0 heterocycles. The molecule has 0 saturated heterocycles. The Morgan fingerprint density at radius 3 is 1.47 bits per heavy atom. The highest BCUT2D eigenvalue weighted by Crippen LogP contribution is 2.13. The summed E-state index contributed by atoms with van der Waals surface area (Å²) < 4.78 is 9.37. The molecule has 0 amide bonds. The lowest BCUT2D eigenvalue weighted by molar-refractivity contribution is -0.137. The lowest BCUT2D eigenvalue weighted by Crippen LogP contribution is -2.34. The molecule has 7 heteroatoms. The number of carbonyl (C=O) groups excluding carboxylic acids is 2. The maximum absolute atomic E-state index is 11.4. The van der Waals surface area contributed by atoms with Crippen LogP contribution in [0.3, 0.4) is 0 Å². The van der Waals surface area contributed by atoms with Crippen molar-refractivity contribution in [2.24, 2.45) is 23.3 Å². The van der Waals surface area contributed by atoms with Crippen LogP contribution in [-0.2, 0) is 18.0 Å². The van der Waals surface area contributed by atoms with Crippen LogP contribution < -0.4 is 11.5 Å². The van der Waals surface area contributed by atoms with Crippen LogP contribution in [0.25, 0.3) is 0 Å². The zero-order chi connectivity index (χ0) is 15.0. The van der Waals surface area contributed by atoms with Crippen LogP contribution in [-0.4, -0.2) is 24.0 Å². The average molecular weight is 292 g/mol. The zero-order valence-electron chi connectivity index (χ0n) is 11.9. The zero-order valence-corrected chi connectivity index (χ0v) is 12.7. The number of hydrogen-bond donors (Lipinski definition) is 2. The van der Waals surface area contributed by atoms with Crippen LogP contribution in [0.4, 0.5) is 0 Å². The number of nitrogens with two attached hydrogens (primary N) is 2. The van der Waals surface area contributed by atoms with Gasteiger partial charge >= 0.3 is 11.9 Å². The number of rotatable bonds is 8. The summed E-state index contributed by atoms with van der Waals surface area (Å²) in [6.07, 6.45) is 1.03. The van der Waals surface area contributed by atoms with Crippen molar-refractivity contribution < 1.29 is 18.0 Å². The molecule has 4 N–H and O–H groups in total. The summed E-state index contributed by atoms with van der Waals surface area (Å²) in [6.45, 7) is 7.80. The largest absolute Gasteiger partial charge is 0.353 e. The van der Waals surface area contributed by atoms with Gasteiger partial charge in [-0.2, -0.15) is 0 Å². The first-order valence-electron chi connectivity index (χ1n) is 6.34. The summed E-state index contributed by atoms with van der Waals surface area (Å²) in [5, 5.41) is 0. The van der Waals surface area contributed by atoms with E-state index in [-0.39, 0.29) is 11.8 Å².